The van der Waals surface area contributed by atoms with Gasteiger partial charge in [0.2, 0.25) is 0 Å². The van der Waals surface area contributed by atoms with Crippen LogP contribution in [0.1, 0.15) is 42.5 Å². The molecular weight excluding hydrogens is 484 g/mol. The van der Waals surface area contributed by atoms with Gasteiger partial charge in [0.15, 0.2) is 5.65 Å². The molecule has 1 fully saturated rings. The van der Waals surface area contributed by atoms with E-state index in [9.17, 15) is 9.59 Å². The van der Waals surface area contributed by atoms with Crippen molar-refractivity contribution in [2.75, 3.05) is 36.4 Å². The largest absolute Gasteiger partial charge is 0.444 e. The molecule has 2 amide bonds. The molecule has 3 aromatic heterocycles. The second-order valence-electron chi connectivity index (χ2n) is 10.5. The van der Waals surface area contributed by atoms with Gasteiger partial charge in [-0.1, -0.05) is 12.1 Å². The van der Waals surface area contributed by atoms with Crippen LogP contribution in [-0.2, 0) is 4.74 Å². The molecule has 1 aliphatic heterocycles. The first kappa shape index (κ1) is 25.2. The van der Waals surface area contributed by atoms with E-state index in [2.05, 4.69) is 47.7 Å². The lowest BCUT2D eigenvalue weighted by molar-refractivity contribution is 0.0240. The second kappa shape index (κ2) is 9.81. The first-order valence-electron chi connectivity index (χ1n) is 12.6. The minimum absolute atomic E-state index is 0.276. The molecule has 0 unspecified atom stereocenters. The number of carbonyl (C=O) groups is 2. The van der Waals surface area contributed by atoms with Gasteiger partial charge >= 0.3 is 6.09 Å². The summed E-state index contributed by atoms with van der Waals surface area (Å²) >= 11 is 0. The minimum atomic E-state index is -0.510. The Bertz CT molecular complexity index is 1490. The number of carbonyl (C=O) groups excluding carboxylic acids is 2. The van der Waals surface area contributed by atoms with Crippen LogP contribution in [-0.4, -0.2) is 74.1 Å². The molecule has 198 valence electrons. The van der Waals surface area contributed by atoms with Gasteiger partial charge in [0.1, 0.15) is 17.0 Å². The Kier molecular flexibility index (Phi) is 6.52. The normalized spacial score (nSPS) is 14.1. The Hall–Kier alpha value is -4.41. The number of pyridine rings is 1. The lowest BCUT2D eigenvalue weighted by Crippen LogP contribution is -2.50. The molecule has 0 radical (unpaired) electrons. The smallest absolute Gasteiger partial charge is 0.410 e. The van der Waals surface area contributed by atoms with E-state index in [1.165, 1.54) is 0 Å². The summed E-state index contributed by atoms with van der Waals surface area (Å²) in [6.07, 6.45) is 1.32. The fourth-order valence-electron chi connectivity index (χ4n) is 4.42. The highest BCUT2D eigenvalue weighted by molar-refractivity contribution is 6.05. The summed E-state index contributed by atoms with van der Waals surface area (Å²) in [7, 11) is 0. The molecule has 1 saturated heterocycles. The van der Waals surface area contributed by atoms with E-state index in [-0.39, 0.29) is 12.0 Å². The Morgan fingerprint density at radius 3 is 2.47 bits per heavy atom. The standard InChI is InChI=1S/C27H32N8O3/c1-16-17(2)30-31-22(16)25(36)29-19-14-21-23(32-33-24(21)28-15-19)18-7-6-8-20(13-18)34-9-11-35(12-10-34)26(37)38-27(3,4)5/h6-8,13-15H,9-12H2,1-5H3,(H,29,36)(H,30,31)(H,28,32,33). The highest BCUT2D eigenvalue weighted by atomic mass is 16.6. The molecule has 3 N–H and O–H groups in total. The van der Waals surface area contributed by atoms with Crippen molar-refractivity contribution in [2.45, 2.75) is 40.2 Å². The predicted molar refractivity (Wildman–Crippen MR) is 145 cm³/mol. The summed E-state index contributed by atoms with van der Waals surface area (Å²) in [6.45, 7) is 11.9. The van der Waals surface area contributed by atoms with Crippen molar-refractivity contribution in [1.29, 1.82) is 0 Å². The minimum Gasteiger partial charge on any atom is -0.444 e. The average Bonchev–Trinajstić information content (AvgIpc) is 3.46. The number of ether oxygens (including phenoxy) is 1. The number of hydrogen-bond acceptors (Lipinski definition) is 7. The van der Waals surface area contributed by atoms with E-state index in [1.807, 2.05) is 52.8 Å². The zero-order valence-electron chi connectivity index (χ0n) is 22.3. The van der Waals surface area contributed by atoms with Crippen LogP contribution in [0.5, 0.6) is 0 Å². The van der Waals surface area contributed by atoms with Crippen molar-refractivity contribution in [1.82, 2.24) is 30.3 Å². The van der Waals surface area contributed by atoms with Crippen LogP contribution in [0.25, 0.3) is 22.3 Å². The van der Waals surface area contributed by atoms with Crippen molar-refractivity contribution in [3.8, 4) is 11.3 Å². The number of aromatic nitrogens is 5. The summed E-state index contributed by atoms with van der Waals surface area (Å²) in [5, 5.41) is 18.1. The van der Waals surface area contributed by atoms with Gasteiger partial charge in [0.05, 0.1) is 17.6 Å². The molecule has 11 heteroatoms. The third-order valence-corrected chi connectivity index (χ3v) is 6.57. The molecule has 0 bridgehead atoms. The molecule has 0 spiro atoms. The van der Waals surface area contributed by atoms with Crippen LogP contribution in [0.4, 0.5) is 16.2 Å². The Balaban J connectivity index is 1.33. The number of aromatic amines is 2. The summed E-state index contributed by atoms with van der Waals surface area (Å²) in [5.41, 5.74) is 5.41. The molecule has 11 nitrogen and oxygen atoms in total. The third kappa shape index (κ3) is 5.17. The van der Waals surface area contributed by atoms with Crippen LogP contribution in [0.2, 0.25) is 0 Å². The topological polar surface area (TPSA) is 132 Å². The summed E-state index contributed by atoms with van der Waals surface area (Å²) in [6, 6.07) is 10.00. The van der Waals surface area contributed by atoms with Crippen molar-refractivity contribution < 1.29 is 14.3 Å². The van der Waals surface area contributed by atoms with Crippen LogP contribution >= 0.6 is 0 Å². The summed E-state index contributed by atoms with van der Waals surface area (Å²) in [5.74, 6) is -0.276. The number of amides is 2. The molecule has 0 atom stereocenters. The van der Waals surface area contributed by atoms with Gasteiger partial charge < -0.3 is 19.9 Å². The maximum Gasteiger partial charge on any atom is 0.410 e. The molecule has 4 heterocycles. The molecule has 0 saturated carbocycles. The van der Waals surface area contributed by atoms with E-state index in [0.29, 0.717) is 43.2 Å². The molecule has 38 heavy (non-hydrogen) atoms. The average molecular weight is 517 g/mol. The van der Waals surface area contributed by atoms with Gasteiger partial charge in [0.25, 0.3) is 5.91 Å². The van der Waals surface area contributed by atoms with E-state index >= 15 is 0 Å². The number of H-pyrrole nitrogens is 2. The first-order chi connectivity index (χ1) is 18.1. The number of benzene rings is 1. The fourth-order valence-corrected chi connectivity index (χ4v) is 4.42. The Morgan fingerprint density at radius 2 is 1.79 bits per heavy atom. The molecule has 1 aromatic carbocycles. The van der Waals surface area contributed by atoms with E-state index < -0.39 is 5.60 Å². The summed E-state index contributed by atoms with van der Waals surface area (Å²) in [4.78, 5) is 33.6. The van der Waals surface area contributed by atoms with Crippen molar-refractivity contribution in [3.63, 3.8) is 0 Å². The highest BCUT2D eigenvalue weighted by Gasteiger charge is 2.26. The van der Waals surface area contributed by atoms with E-state index in [1.54, 1.807) is 11.1 Å². The zero-order chi connectivity index (χ0) is 27.0. The van der Waals surface area contributed by atoms with E-state index in [0.717, 1.165) is 33.6 Å². The quantitative estimate of drug-likeness (QED) is 0.369. The summed E-state index contributed by atoms with van der Waals surface area (Å²) < 4.78 is 5.51. The monoisotopic (exact) mass is 516 g/mol. The number of anilines is 2. The molecule has 1 aliphatic rings. The van der Waals surface area contributed by atoms with Gasteiger partial charge in [-0.25, -0.2) is 9.78 Å². The number of piperazine rings is 1. The van der Waals surface area contributed by atoms with Crippen molar-refractivity contribution in [2.24, 2.45) is 0 Å². The number of aryl methyl sites for hydroxylation is 1. The number of fused-ring (bicyclic) bond motifs is 1. The molecule has 0 aliphatic carbocycles. The SMILES string of the molecule is Cc1n[nH]c(C(=O)Nc2cnc3[nH]nc(-c4cccc(N5CCN(C(=O)OC(C)(C)C)CC5)c4)c3c2)c1C. The second-order valence-corrected chi connectivity index (χ2v) is 10.5. The predicted octanol–water partition coefficient (Wildman–Crippen LogP) is 4.27. The van der Waals surface area contributed by atoms with Gasteiger partial charge in [-0.05, 0) is 52.8 Å². The fraction of sp³-hybridized carbons (Fsp3) is 0.370. The van der Waals surface area contributed by atoms with Crippen molar-refractivity contribution in [3.05, 3.63) is 53.5 Å². The lowest BCUT2D eigenvalue weighted by Gasteiger charge is -2.36. The lowest BCUT2D eigenvalue weighted by atomic mass is 10.1. The number of hydrogen-bond donors (Lipinski definition) is 3. The van der Waals surface area contributed by atoms with Gasteiger partial charge in [-0.3, -0.25) is 15.0 Å². The maximum absolute atomic E-state index is 12.8. The van der Waals surface area contributed by atoms with Crippen LogP contribution in [0.3, 0.4) is 0 Å². The number of nitrogens with one attached hydrogen (secondary N) is 3. The maximum atomic E-state index is 12.8. The number of rotatable bonds is 4. The van der Waals surface area contributed by atoms with Crippen LogP contribution in [0, 0.1) is 13.8 Å². The number of nitrogens with zero attached hydrogens (tertiary/aromatic N) is 5. The van der Waals surface area contributed by atoms with Crippen molar-refractivity contribution >= 4 is 34.4 Å². The Morgan fingerprint density at radius 1 is 1.03 bits per heavy atom. The third-order valence-electron chi connectivity index (χ3n) is 6.57. The molecule has 5 rings (SSSR count). The van der Waals surface area contributed by atoms with Gasteiger partial charge in [-0.2, -0.15) is 10.2 Å². The zero-order valence-corrected chi connectivity index (χ0v) is 22.3. The highest BCUT2D eigenvalue weighted by Crippen LogP contribution is 2.30. The van der Waals surface area contributed by atoms with Crippen LogP contribution in [0.15, 0.2) is 36.5 Å². The van der Waals surface area contributed by atoms with Gasteiger partial charge in [0, 0.05) is 48.4 Å². The first-order valence-corrected chi connectivity index (χ1v) is 12.6. The molecule has 4 aromatic rings. The van der Waals surface area contributed by atoms with Gasteiger partial charge in [-0.15, -0.1) is 0 Å². The molecular formula is C27H32N8O3. The van der Waals surface area contributed by atoms with Crippen LogP contribution < -0.4 is 10.2 Å². The van der Waals surface area contributed by atoms with E-state index in [4.69, 9.17) is 4.74 Å². The Labute approximate surface area is 220 Å².